The number of imide groups is 1. The van der Waals surface area contributed by atoms with E-state index in [2.05, 4.69) is 10.6 Å². The van der Waals surface area contributed by atoms with Gasteiger partial charge in [-0.1, -0.05) is 0 Å². The number of hydrogen-bond acceptors (Lipinski definition) is 9. The minimum atomic E-state index is -2.64. The summed E-state index contributed by atoms with van der Waals surface area (Å²) in [7, 11) is 0. The SMILES string of the molecule is CC(=O)N(C(C)=O)C(C(C)=O)(C(C)=O)C(NCCNCCN)(C(C)=O)C(C)=O. The molecule has 0 aromatic rings. The number of carbonyl (C=O) groups excluding carboxylic acids is 6. The number of amides is 2. The molecule has 0 saturated carbocycles. The van der Waals surface area contributed by atoms with Crippen molar-refractivity contribution in [3.05, 3.63) is 0 Å². The second-order valence-corrected chi connectivity index (χ2v) is 6.52. The van der Waals surface area contributed by atoms with Crippen molar-refractivity contribution in [3.8, 4) is 0 Å². The largest absolute Gasteiger partial charge is 0.329 e. The molecule has 0 aromatic carbocycles. The van der Waals surface area contributed by atoms with Crippen LogP contribution in [0.2, 0.25) is 0 Å². The number of Topliss-reactive ketones (excluding diaryl/α,β-unsaturated/α-hetero) is 4. The first-order valence-electron chi connectivity index (χ1n) is 8.86. The zero-order valence-corrected chi connectivity index (χ0v) is 17.3. The number of carbonyl (C=O) groups is 6. The van der Waals surface area contributed by atoms with Crippen LogP contribution in [0.1, 0.15) is 41.5 Å². The van der Waals surface area contributed by atoms with Crippen molar-refractivity contribution in [3.63, 3.8) is 0 Å². The van der Waals surface area contributed by atoms with Gasteiger partial charge in [-0.15, -0.1) is 0 Å². The van der Waals surface area contributed by atoms with E-state index in [0.29, 0.717) is 18.0 Å². The Balaban J connectivity index is 6.88. The molecule has 0 spiro atoms. The number of nitrogens with zero attached hydrogens (tertiary/aromatic N) is 1. The maximum absolute atomic E-state index is 12.8. The van der Waals surface area contributed by atoms with E-state index in [1.807, 2.05) is 0 Å². The van der Waals surface area contributed by atoms with Crippen LogP contribution in [0.15, 0.2) is 0 Å². The third kappa shape index (κ3) is 4.40. The Labute approximate surface area is 164 Å². The summed E-state index contributed by atoms with van der Waals surface area (Å²) in [5, 5.41) is 5.64. The van der Waals surface area contributed by atoms with Gasteiger partial charge < -0.3 is 11.1 Å². The lowest BCUT2D eigenvalue weighted by molar-refractivity contribution is -0.170. The van der Waals surface area contributed by atoms with E-state index in [4.69, 9.17) is 5.73 Å². The van der Waals surface area contributed by atoms with Crippen LogP contribution in [-0.4, -0.2) is 77.1 Å². The maximum atomic E-state index is 12.8. The Morgan fingerprint density at radius 3 is 1.43 bits per heavy atom. The average Bonchev–Trinajstić information content (AvgIpc) is 2.54. The molecule has 0 aliphatic carbocycles. The van der Waals surface area contributed by atoms with E-state index < -0.39 is 46.0 Å². The highest BCUT2D eigenvalue weighted by atomic mass is 16.2. The summed E-state index contributed by atoms with van der Waals surface area (Å²) < 4.78 is 0. The molecule has 0 bridgehead atoms. The Morgan fingerprint density at radius 1 is 0.714 bits per heavy atom. The van der Waals surface area contributed by atoms with Crippen molar-refractivity contribution in [1.82, 2.24) is 15.5 Å². The monoisotopic (exact) mass is 398 g/mol. The molecule has 0 heterocycles. The molecule has 0 aliphatic heterocycles. The summed E-state index contributed by atoms with van der Waals surface area (Å²) in [6, 6.07) is 0. The van der Waals surface area contributed by atoms with Crippen LogP contribution in [0.25, 0.3) is 0 Å². The van der Waals surface area contributed by atoms with Crippen molar-refractivity contribution in [2.45, 2.75) is 52.6 Å². The van der Waals surface area contributed by atoms with Crippen molar-refractivity contribution in [2.75, 3.05) is 26.2 Å². The molecule has 0 radical (unpaired) electrons. The summed E-state index contributed by atoms with van der Waals surface area (Å²) in [6.07, 6.45) is 0. The fourth-order valence-electron chi connectivity index (χ4n) is 3.65. The van der Waals surface area contributed by atoms with E-state index >= 15 is 0 Å². The fourth-order valence-corrected chi connectivity index (χ4v) is 3.65. The van der Waals surface area contributed by atoms with Gasteiger partial charge in [-0.05, 0) is 27.7 Å². The Hall–Kier alpha value is -2.30. The van der Waals surface area contributed by atoms with Crippen molar-refractivity contribution < 1.29 is 28.8 Å². The molecule has 4 N–H and O–H groups in total. The summed E-state index contributed by atoms with van der Waals surface area (Å²) in [6.45, 7) is 7.03. The predicted octanol–water partition coefficient (Wildman–Crippen LogP) is -1.65. The number of nitrogens with one attached hydrogen (secondary N) is 2. The molecule has 2 amide bonds. The van der Waals surface area contributed by atoms with E-state index in [0.717, 1.165) is 41.5 Å². The lowest BCUT2D eigenvalue weighted by Crippen LogP contribution is -2.82. The average molecular weight is 398 g/mol. The lowest BCUT2D eigenvalue weighted by Gasteiger charge is -2.49. The fraction of sp³-hybridized carbons (Fsp3) is 0.667. The summed E-state index contributed by atoms with van der Waals surface area (Å²) >= 11 is 0. The Bertz CT molecular complexity index is 631. The molecular formula is C18H30N4O6. The lowest BCUT2D eigenvalue weighted by atomic mass is 9.65. The highest BCUT2D eigenvalue weighted by molar-refractivity contribution is 6.28. The van der Waals surface area contributed by atoms with Crippen LogP contribution < -0.4 is 16.4 Å². The molecule has 10 nitrogen and oxygen atoms in total. The first-order chi connectivity index (χ1) is 12.8. The molecule has 158 valence electrons. The topological polar surface area (TPSA) is 156 Å². The third-order valence-electron chi connectivity index (χ3n) is 4.60. The Kier molecular flexibility index (Phi) is 9.45. The molecule has 10 heteroatoms. The molecule has 0 aromatic heterocycles. The number of ketones is 4. The summed E-state index contributed by atoms with van der Waals surface area (Å²) in [5.41, 5.74) is 0.319. The van der Waals surface area contributed by atoms with Gasteiger partial charge in [-0.2, -0.15) is 0 Å². The van der Waals surface area contributed by atoms with E-state index in [1.54, 1.807) is 0 Å². The van der Waals surface area contributed by atoms with Gasteiger partial charge in [0.15, 0.2) is 34.2 Å². The quantitative estimate of drug-likeness (QED) is 0.259. The second-order valence-electron chi connectivity index (χ2n) is 6.52. The van der Waals surface area contributed by atoms with Crippen LogP contribution in [-0.2, 0) is 28.8 Å². The zero-order chi connectivity index (χ0) is 22.3. The van der Waals surface area contributed by atoms with Crippen LogP contribution in [0.3, 0.4) is 0 Å². The van der Waals surface area contributed by atoms with E-state index in [1.165, 1.54) is 0 Å². The maximum Gasteiger partial charge on any atom is 0.227 e. The normalized spacial score (nSPS) is 11.7. The van der Waals surface area contributed by atoms with Crippen LogP contribution in [0, 0.1) is 0 Å². The number of nitrogens with two attached hydrogens (primary N) is 1. The summed E-state index contributed by atoms with van der Waals surface area (Å²) in [4.78, 5) is 76.1. The highest BCUT2D eigenvalue weighted by Crippen LogP contribution is 2.34. The van der Waals surface area contributed by atoms with Gasteiger partial charge >= 0.3 is 0 Å². The molecule has 0 unspecified atom stereocenters. The van der Waals surface area contributed by atoms with Gasteiger partial charge in [-0.25, -0.2) is 0 Å². The number of hydrogen-bond donors (Lipinski definition) is 3. The van der Waals surface area contributed by atoms with Crippen LogP contribution in [0.5, 0.6) is 0 Å². The summed E-state index contributed by atoms with van der Waals surface area (Å²) in [5.74, 6) is -5.55. The third-order valence-corrected chi connectivity index (χ3v) is 4.60. The molecule has 0 saturated heterocycles. The van der Waals surface area contributed by atoms with Crippen LogP contribution >= 0.6 is 0 Å². The van der Waals surface area contributed by atoms with Gasteiger partial charge in [0, 0.05) is 40.0 Å². The standard InChI is InChI=1S/C18H30N4O6/c1-11(23)17(12(2)24,21-10-9-20-8-7-19)18(13(3)25,14(4)26)22(15(5)27)16(6)28/h20-21H,7-10,19H2,1-6H3. The highest BCUT2D eigenvalue weighted by Gasteiger charge is 2.68. The minimum absolute atomic E-state index is 0.00881. The molecule has 0 atom stereocenters. The number of rotatable bonds is 12. The minimum Gasteiger partial charge on any atom is -0.329 e. The molecule has 0 fully saturated rings. The van der Waals surface area contributed by atoms with Crippen molar-refractivity contribution in [1.29, 1.82) is 0 Å². The van der Waals surface area contributed by atoms with E-state index in [-0.39, 0.29) is 13.1 Å². The zero-order valence-electron chi connectivity index (χ0n) is 17.3. The van der Waals surface area contributed by atoms with E-state index in [9.17, 15) is 28.8 Å². The van der Waals surface area contributed by atoms with Gasteiger partial charge in [-0.3, -0.25) is 39.0 Å². The van der Waals surface area contributed by atoms with Crippen LogP contribution in [0.4, 0.5) is 0 Å². The van der Waals surface area contributed by atoms with Crippen molar-refractivity contribution >= 4 is 34.9 Å². The predicted molar refractivity (Wildman–Crippen MR) is 101 cm³/mol. The molecule has 0 aliphatic rings. The van der Waals surface area contributed by atoms with Gasteiger partial charge in [0.05, 0.1) is 0 Å². The van der Waals surface area contributed by atoms with Gasteiger partial charge in [0.1, 0.15) is 0 Å². The molecular weight excluding hydrogens is 368 g/mol. The molecule has 28 heavy (non-hydrogen) atoms. The smallest absolute Gasteiger partial charge is 0.227 e. The first kappa shape index (κ1) is 25.7. The van der Waals surface area contributed by atoms with Gasteiger partial charge in [0.2, 0.25) is 11.8 Å². The van der Waals surface area contributed by atoms with Gasteiger partial charge in [0.25, 0.3) is 0 Å². The first-order valence-corrected chi connectivity index (χ1v) is 8.86. The second kappa shape index (κ2) is 10.3. The molecule has 0 rings (SSSR count). The Morgan fingerprint density at radius 2 is 1.14 bits per heavy atom. The van der Waals surface area contributed by atoms with Crippen molar-refractivity contribution in [2.24, 2.45) is 5.73 Å².